The van der Waals surface area contributed by atoms with Crippen molar-refractivity contribution >= 4 is 29.5 Å². The van der Waals surface area contributed by atoms with Crippen LogP contribution in [0.15, 0.2) is 30.3 Å². The molecule has 7 nitrogen and oxygen atoms in total. The van der Waals surface area contributed by atoms with Crippen LogP contribution in [-0.2, 0) is 20.9 Å². The van der Waals surface area contributed by atoms with E-state index in [9.17, 15) is 19.5 Å². The molecule has 3 aliphatic rings. The number of β-amino-alcohol motifs (C(OH)–C–C–N with tert-alkyl or cyclic N) is 1. The summed E-state index contributed by atoms with van der Waals surface area (Å²) < 4.78 is -0.588. The molecule has 8 heteroatoms. The summed E-state index contributed by atoms with van der Waals surface area (Å²) in [5, 5.41) is 15.2. The molecule has 0 aromatic heterocycles. The van der Waals surface area contributed by atoms with E-state index in [1.54, 1.807) is 18.8 Å². The minimum atomic E-state index is -0.662. The van der Waals surface area contributed by atoms with Crippen LogP contribution in [0.5, 0.6) is 0 Å². The number of amides is 3. The summed E-state index contributed by atoms with van der Waals surface area (Å²) in [6, 6.07) is 8.95. The minimum absolute atomic E-state index is 0.0644. The molecular weight excluding hydrogens is 378 g/mol. The molecule has 3 heterocycles. The van der Waals surface area contributed by atoms with Gasteiger partial charge in [0.1, 0.15) is 6.04 Å². The number of aliphatic hydroxyl groups is 1. The molecule has 3 aliphatic heterocycles. The average Bonchev–Trinajstić information content (AvgIpc) is 3.35. The topological polar surface area (TPSA) is 98.7 Å². The largest absolute Gasteiger partial charge is 0.395 e. The normalized spacial score (nSPS) is 33.1. The molecule has 28 heavy (non-hydrogen) atoms. The first-order valence-corrected chi connectivity index (χ1v) is 10.5. The number of hydrogen-bond acceptors (Lipinski definition) is 5. The molecule has 150 valence electrons. The van der Waals surface area contributed by atoms with Gasteiger partial charge in [0.05, 0.1) is 23.2 Å². The molecule has 3 saturated heterocycles. The van der Waals surface area contributed by atoms with Crippen LogP contribution < -0.4 is 10.6 Å². The van der Waals surface area contributed by atoms with Gasteiger partial charge in [-0.15, -0.1) is 11.8 Å². The van der Waals surface area contributed by atoms with Crippen LogP contribution in [0.25, 0.3) is 0 Å². The molecule has 5 atom stereocenters. The number of thioether (sulfide) groups is 1. The molecule has 3 N–H and O–H groups in total. The van der Waals surface area contributed by atoms with Gasteiger partial charge >= 0.3 is 0 Å². The van der Waals surface area contributed by atoms with Crippen molar-refractivity contribution in [3.63, 3.8) is 0 Å². The molecule has 0 radical (unpaired) electrons. The van der Waals surface area contributed by atoms with Crippen molar-refractivity contribution in [3.05, 3.63) is 35.9 Å². The summed E-state index contributed by atoms with van der Waals surface area (Å²) in [5.41, 5.74) is 0.981. The van der Waals surface area contributed by atoms with Gasteiger partial charge in [0.25, 0.3) is 0 Å². The number of carbonyl (C=O) groups is 3. The third-order valence-corrected chi connectivity index (χ3v) is 8.20. The summed E-state index contributed by atoms with van der Waals surface area (Å²) in [4.78, 5) is 40.4. The SMILES string of the molecule is CNC(=O)[C@@H]1[C@@H]2CCC3(S2)C(C(=O)NCc2ccccc2)N(CCO)C(=O)[C@H]13. The third-order valence-electron chi connectivity index (χ3n) is 6.25. The second-order valence-corrected chi connectivity index (χ2v) is 9.23. The fourth-order valence-electron chi connectivity index (χ4n) is 5.15. The highest BCUT2D eigenvalue weighted by Gasteiger charge is 2.73. The van der Waals surface area contributed by atoms with E-state index >= 15 is 0 Å². The number of hydrogen-bond donors (Lipinski definition) is 3. The average molecular weight is 404 g/mol. The second-order valence-electron chi connectivity index (χ2n) is 7.63. The third kappa shape index (κ3) is 2.81. The highest BCUT2D eigenvalue weighted by atomic mass is 32.2. The summed E-state index contributed by atoms with van der Waals surface area (Å²) in [7, 11) is 1.58. The fourth-order valence-corrected chi connectivity index (χ4v) is 7.37. The molecular formula is C20H25N3O4S. The second kappa shape index (κ2) is 7.40. The lowest BCUT2D eigenvalue weighted by Crippen LogP contribution is -2.53. The van der Waals surface area contributed by atoms with Gasteiger partial charge < -0.3 is 20.6 Å². The van der Waals surface area contributed by atoms with Gasteiger partial charge in [-0.3, -0.25) is 14.4 Å². The van der Waals surface area contributed by atoms with Crippen LogP contribution in [0, 0.1) is 11.8 Å². The number of carbonyl (C=O) groups excluding carboxylic acids is 3. The molecule has 1 spiro atoms. The van der Waals surface area contributed by atoms with Crippen LogP contribution >= 0.6 is 11.8 Å². The van der Waals surface area contributed by atoms with Crippen molar-refractivity contribution in [2.75, 3.05) is 20.2 Å². The first kappa shape index (κ1) is 19.3. The molecule has 3 amide bonds. The number of fused-ring (bicyclic) bond motifs is 1. The van der Waals surface area contributed by atoms with Crippen LogP contribution in [0.4, 0.5) is 0 Å². The van der Waals surface area contributed by atoms with Gasteiger partial charge in [-0.2, -0.15) is 0 Å². The van der Waals surface area contributed by atoms with Crippen LogP contribution in [-0.4, -0.2) is 64.0 Å². The predicted octanol–water partition coefficient (Wildman–Crippen LogP) is 0.132. The van der Waals surface area contributed by atoms with Crippen LogP contribution in [0.3, 0.4) is 0 Å². The smallest absolute Gasteiger partial charge is 0.244 e. The number of likely N-dealkylation sites (tertiary alicyclic amines) is 1. The number of rotatable bonds is 6. The van der Waals surface area contributed by atoms with Gasteiger partial charge in [0.15, 0.2) is 0 Å². The molecule has 1 aromatic rings. The van der Waals surface area contributed by atoms with E-state index < -0.39 is 22.6 Å². The summed E-state index contributed by atoms with van der Waals surface area (Å²) in [6.45, 7) is 0.271. The van der Waals surface area contributed by atoms with Gasteiger partial charge in [-0.1, -0.05) is 30.3 Å². The molecule has 1 aromatic carbocycles. The summed E-state index contributed by atoms with van der Waals surface area (Å²) in [5.74, 6) is -1.44. The van der Waals surface area contributed by atoms with E-state index in [1.165, 1.54) is 4.90 Å². The predicted molar refractivity (Wildman–Crippen MR) is 105 cm³/mol. The van der Waals surface area contributed by atoms with Crippen molar-refractivity contribution in [2.24, 2.45) is 11.8 Å². The van der Waals surface area contributed by atoms with Crippen molar-refractivity contribution in [1.29, 1.82) is 0 Å². The Hall–Kier alpha value is -2.06. The van der Waals surface area contributed by atoms with E-state index in [0.29, 0.717) is 6.54 Å². The highest BCUT2D eigenvalue weighted by molar-refractivity contribution is 8.02. The Morgan fingerprint density at radius 3 is 2.71 bits per heavy atom. The van der Waals surface area contributed by atoms with Gasteiger partial charge in [-0.25, -0.2) is 0 Å². The fraction of sp³-hybridized carbons (Fsp3) is 0.550. The van der Waals surface area contributed by atoms with E-state index in [2.05, 4.69) is 10.6 Å². The summed E-state index contributed by atoms with van der Waals surface area (Å²) >= 11 is 1.63. The monoisotopic (exact) mass is 403 g/mol. The maximum Gasteiger partial charge on any atom is 0.244 e. The van der Waals surface area contributed by atoms with Crippen molar-refractivity contribution < 1.29 is 19.5 Å². The first-order valence-electron chi connectivity index (χ1n) is 9.66. The van der Waals surface area contributed by atoms with Gasteiger partial charge in [-0.05, 0) is 18.4 Å². The molecule has 0 aliphatic carbocycles. The Labute approximate surface area is 168 Å². The molecule has 3 fully saturated rings. The van der Waals surface area contributed by atoms with Gasteiger partial charge in [0, 0.05) is 25.4 Å². The van der Waals surface area contributed by atoms with Crippen molar-refractivity contribution in [2.45, 2.75) is 35.4 Å². The lowest BCUT2D eigenvalue weighted by atomic mass is 9.71. The van der Waals surface area contributed by atoms with E-state index in [-0.39, 0.29) is 36.1 Å². The zero-order valence-electron chi connectivity index (χ0n) is 15.8. The zero-order valence-corrected chi connectivity index (χ0v) is 16.6. The quantitative estimate of drug-likeness (QED) is 0.627. The Balaban J connectivity index is 1.62. The lowest BCUT2D eigenvalue weighted by molar-refractivity contribution is -0.140. The maximum absolute atomic E-state index is 13.2. The number of nitrogens with one attached hydrogen (secondary N) is 2. The van der Waals surface area contributed by atoms with E-state index in [0.717, 1.165) is 18.4 Å². The number of aliphatic hydroxyl groups excluding tert-OH is 1. The first-order chi connectivity index (χ1) is 13.5. The minimum Gasteiger partial charge on any atom is -0.395 e. The molecule has 2 unspecified atom stereocenters. The highest BCUT2D eigenvalue weighted by Crippen LogP contribution is 2.66. The summed E-state index contributed by atoms with van der Waals surface area (Å²) in [6.07, 6.45) is 1.56. The van der Waals surface area contributed by atoms with Crippen molar-refractivity contribution in [1.82, 2.24) is 15.5 Å². The molecule has 2 bridgehead atoms. The van der Waals surface area contributed by atoms with E-state index in [4.69, 9.17) is 0 Å². The van der Waals surface area contributed by atoms with Crippen molar-refractivity contribution in [3.8, 4) is 0 Å². The maximum atomic E-state index is 13.2. The van der Waals surface area contributed by atoms with Gasteiger partial charge in [0.2, 0.25) is 17.7 Å². The number of nitrogens with zero attached hydrogens (tertiary/aromatic N) is 1. The number of benzene rings is 1. The standard InChI is InChI=1S/C20H25N3O4S/c1-21-17(25)14-13-7-8-20(28-13)15(14)19(27)23(9-10-24)16(20)18(26)22-11-12-5-3-2-4-6-12/h2-6,13-16,24H,7-11H2,1H3,(H,21,25)(H,22,26)/t13-,14+,15-,16?,20?/m0/s1. The Bertz CT molecular complexity index is 789. The zero-order chi connectivity index (χ0) is 19.9. The molecule has 4 rings (SSSR count). The Morgan fingerprint density at radius 1 is 1.29 bits per heavy atom. The Morgan fingerprint density at radius 2 is 2.04 bits per heavy atom. The van der Waals surface area contributed by atoms with E-state index in [1.807, 2.05) is 30.3 Å². The van der Waals surface area contributed by atoms with Crippen LogP contribution in [0.2, 0.25) is 0 Å². The van der Waals surface area contributed by atoms with Crippen LogP contribution in [0.1, 0.15) is 18.4 Å². The lowest BCUT2D eigenvalue weighted by Gasteiger charge is -2.34. The molecule has 0 saturated carbocycles. The Kier molecular flexibility index (Phi) is 5.09.